The summed E-state index contributed by atoms with van der Waals surface area (Å²) in [5.41, 5.74) is 1.25. The van der Waals surface area contributed by atoms with E-state index in [0.29, 0.717) is 34.0 Å². The van der Waals surface area contributed by atoms with Gasteiger partial charge in [0.05, 0.1) is 15.1 Å². The summed E-state index contributed by atoms with van der Waals surface area (Å²) in [7, 11) is 3.89. The number of hydrogen-bond acceptors (Lipinski definition) is 7. The molecule has 0 atom stereocenters. The number of nitro benzene ring substituents is 1. The first-order valence-electron chi connectivity index (χ1n) is 9.13. The Bertz CT molecular complexity index is 1020. The molecule has 0 aliphatic rings. The highest BCUT2D eigenvalue weighted by atomic mass is 35.5. The first-order valence-corrected chi connectivity index (χ1v) is 10.9. The van der Waals surface area contributed by atoms with E-state index >= 15 is 0 Å². The quantitative estimate of drug-likeness (QED) is 0.265. The molecule has 0 spiro atoms. The van der Waals surface area contributed by atoms with E-state index in [4.69, 9.17) is 0 Å². The van der Waals surface area contributed by atoms with Gasteiger partial charge in [-0.15, -0.1) is 24.2 Å². The van der Waals surface area contributed by atoms with E-state index in [0.717, 1.165) is 10.6 Å². The molecule has 30 heavy (non-hydrogen) atoms. The Kier molecular flexibility index (Phi) is 8.60. The molecule has 2 aromatic carbocycles. The zero-order chi connectivity index (χ0) is 21.0. The number of non-ortho nitro benzene ring substituents is 1. The Labute approximate surface area is 189 Å². The minimum atomic E-state index is -0.427. The monoisotopic (exact) mass is 466 g/mol. The van der Waals surface area contributed by atoms with Gasteiger partial charge >= 0.3 is 0 Å². The van der Waals surface area contributed by atoms with Crippen molar-refractivity contribution < 1.29 is 9.72 Å². The highest BCUT2D eigenvalue weighted by Gasteiger charge is 2.22. The van der Waals surface area contributed by atoms with Crippen molar-refractivity contribution in [2.75, 3.05) is 37.8 Å². The van der Waals surface area contributed by atoms with Crippen LogP contribution in [0.15, 0.2) is 47.4 Å². The Morgan fingerprint density at radius 2 is 1.87 bits per heavy atom. The summed E-state index contributed by atoms with van der Waals surface area (Å²) in [5, 5.41) is 11.6. The number of anilines is 1. The third-order valence-electron chi connectivity index (χ3n) is 4.23. The van der Waals surface area contributed by atoms with E-state index in [1.807, 2.05) is 43.3 Å². The molecule has 7 nitrogen and oxygen atoms in total. The number of rotatable bonds is 8. The molecule has 0 fully saturated rings. The predicted molar refractivity (Wildman–Crippen MR) is 127 cm³/mol. The molecule has 3 aromatic rings. The maximum Gasteiger partial charge on any atom is 0.270 e. The average molecular weight is 467 g/mol. The summed E-state index contributed by atoms with van der Waals surface area (Å²) >= 11 is 3.01. The molecule has 160 valence electrons. The standard InChI is InChI=1S/C20H22N4O3S2.ClH/c1-4-28-16-8-5-14(6-9-16)19(25)23(12-11-22(2)3)20-21-17-10-7-15(24(26)27)13-18(17)29-20;/h5-10,13H,4,11-12H2,1-3H3;1H. The van der Waals surface area contributed by atoms with Crippen LogP contribution in [0.5, 0.6) is 0 Å². The fourth-order valence-electron chi connectivity index (χ4n) is 2.73. The average Bonchev–Trinajstić information content (AvgIpc) is 3.11. The zero-order valence-corrected chi connectivity index (χ0v) is 19.4. The van der Waals surface area contributed by atoms with Gasteiger partial charge in [-0.05, 0) is 50.2 Å². The van der Waals surface area contributed by atoms with E-state index in [1.54, 1.807) is 22.7 Å². The van der Waals surface area contributed by atoms with Crippen molar-refractivity contribution in [1.82, 2.24) is 9.88 Å². The number of nitro groups is 1. The van der Waals surface area contributed by atoms with Crippen LogP contribution >= 0.6 is 35.5 Å². The van der Waals surface area contributed by atoms with Crippen LogP contribution in [0.3, 0.4) is 0 Å². The summed E-state index contributed by atoms with van der Waals surface area (Å²) in [6.07, 6.45) is 0. The number of carbonyl (C=O) groups excluding carboxylic acids is 1. The number of fused-ring (bicyclic) bond motifs is 1. The third kappa shape index (κ3) is 5.69. The van der Waals surface area contributed by atoms with E-state index in [1.165, 1.54) is 23.5 Å². The topological polar surface area (TPSA) is 79.6 Å². The molecule has 0 radical (unpaired) electrons. The first-order chi connectivity index (χ1) is 13.9. The van der Waals surface area contributed by atoms with Crippen molar-refractivity contribution in [3.05, 3.63) is 58.1 Å². The highest BCUT2D eigenvalue weighted by Crippen LogP contribution is 2.32. The Hall–Kier alpha value is -2.20. The lowest BCUT2D eigenvalue weighted by molar-refractivity contribution is -0.384. The molecule has 1 heterocycles. The van der Waals surface area contributed by atoms with E-state index in [2.05, 4.69) is 11.9 Å². The Morgan fingerprint density at radius 3 is 2.47 bits per heavy atom. The van der Waals surface area contributed by atoms with E-state index < -0.39 is 4.92 Å². The number of hydrogen-bond donors (Lipinski definition) is 0. The van der Waals surface area contributed by atoms with Crippen LogP contribution in [0.1, 0.15) is 17.3 Å². The molecule has 3 rings (SSSR count). The van der Waals surface area contributed by atoms with E-state index in [9.17, 15) is 14.9 Å². The number of carbonyl (C=O) groups is 1. The number of nitrogens with zero attached hydrogens (tertiary/aromatic N) is 4. The first kappa shape index (κ1) is 24.1. The van der Waals surface area contributed by atoms with Gasteiger partial charge in [0.2, 0.25) is 0 Å². The van der Waals surface area contributed by atoms with Crippen molar-refractivity contribution in [3.8, 4) is 0 Å². The lowest BCUT2D eigenvalue weighted by Crippen LogP contribution is -2.36. The van der Waals surface area contributed by atoms with Crippen LogP contribution < -0.4 is 4.90 Å². The van der Waals surface area contributed by atoms with Gasteiger partial charge in [0.15, 0.2) is 5.13 Å². The lowest BCUT2D eigenvalue weighted by Gasteiger charge is -2.22. The number of thioether (sulfide) groups is 1. The highest BCUT2D eigenvalue weighted by molar-refractivity contribution is 7.99. The van der Waals surface area contributed by atoms with Crippen LogP contribution in [0.4, 0.5) is 10.8 Å². The molecule has 0 N–H and O–H groups in total. The molecule has 0 saturated carbocycles. The molecule has 1 amide bonds. The summed E-state index contributed by atoms with van der Waals surface area (Å²) in [4.78, 5) is 33.2. The van der Waals surface area contributed by atoms with Crippen LogP contribution in [0.25, 0.3) is 10.2 Å². The molecule has 1 aromatic heterocycles. The molecular weight excluding hydrogens is 444 g/mol. The number of amides is 1. The molecule has 0 unspecified atom stereocenters. The maximum absolute atomic E-state index is 13.2. The summed E-state index contributed by atoms with van der Waals surface area (Å²) in [5.74, 6) is 0.841. The number of likely N-dealkylation sites (N-methyl/N-ethyl adjacent to an activating group) is 1. The number of thiazole rings is 1. The Balaban J connectivity index is 0.00000320. The van der Waals surface area contributed by atoms with Crippen molar-refractivity contribution in [3.63, 3.8) is 0 Å². The van der Waals surface area contributed by atoms with Gasteiger partial charge in [-0.25, -0.2) is 4.98 Å². The van der Waals surface area contributed by atoms with Crippen molar-refractivity contribution in [2.45, 2.75) is 11.8 Å². The SMILES string of the molecule is CCSc1ccc(C(=O)N(CCN(C)C)c2nc3ccc([N+](=O)[O-])cc3s2)cc1.Cl. The van der Waals surface area contributed by atoms with Gasteiger partial charge in [0, 0.05) is 35.7 Å². The van der Waals surface area contributed by atoms with Crippen molar-refractivity contribution >= 4 is 62.4 Å². The minimum Gasteiger partial charge on any atom is -0.308 e. The summed E-state index contributed by atoms with van der Waals surface area (Å²) in [6.45, 7) is 3.23. The van der Waals surface area contributed by atoms with Gasteiger partial charge in [-0.1, -0.05) is 18.3 Å². The maximum atomic E-state index is 13.2. The number of aromatic nitrogens is 1. The van der Waals surface area contributed by atoms with Crippen LogP contribution in [0.2, 0.25) is 0 Å². The number of benzene rings is 2. The second kappa shape index (κ2) is 10.7. The molecule has 10 heteroatoms. The fraction of sp³-hybridized carbons (Fsp3) is 0.300. The third-order valence-corrected chi connectivity index (χ3v) is 6.17. The lowest BCUT2D eigenvalue weighted by atomic mass is 10.2. The fourth-order valence-corrected chi connectivity index (χ4v) is 4.42. The van der Waals surface area contributed by atoms with Gasteiger partial charge < -0.3 is 4.90 Å². The molecule has 0 bridgehead atoms. The van der Waals surface area contributed by atoms with Crippen molar-refractivity contribution in [1.29, 1.82) is 0 Å². The van der Waals surface area contributed by atoms with Crippen LogP contribution in [-0.2, 0) is 0 Å². The van der Waals surface area contributed by atoms with Gasteiger partial charge in [0.1, 0.15) is 0 Å². The second-order valence-corrected chi connectivity index (χ2v) is 8.97. The molecule has 0 aliphatic carbocycles. The molecule has 0 saturated heterocycles. The molecular formula is C20H23ClN4O3S2. The van der Waals surface area contributed by atoms with Gasteiger partial charge in [0.25, 0.3) is 11.6 Å². The smallest absolute Gasteiger partial charge is 0.270 e. The van der Waals surface area contributed by atoms with E-state index in [-0.39, 0.29) is 24.0 Å². The number of halogens is 1. The normalized spacial score (nSPS) is 10.8. The van der Waals surface area contributed by atoms with Gasteiger partial charge in [-0.3, -0.25) is 19.8 Å². The zero-order valence-electron chi connectivity index (χ0n) is 16.9. The second-order valence-electron chi connectivity index (χ2n) is 6.62. The van der Waals surface area contributed by atoms with Crippen LogP contribution in [0, 0.1) is 10.1 Å². The van der Waals surface area contributed by atoms with Gasteiger partial charge in [-0.2, -0.15) is 0 Å². The predicted octanol–water partition coefficient (Wildman–Crippen LogP) is 4.95. The Morgan fingerprint density at radius 1 is 1.17 bits per heavy atom. The minimum absolute atomic E-state index is 0. The molecule has 0 aliphatic heterocycles. The van der Waals surface area contributed by atoms with Crippen LogP contribution in [-0.4, -0.2) is 53.7 Å². The summed E-state index contributed by atoms with van der Waals surface area (Å²) in [6, 6.07) is 12.1. The van der Waals surface area contributed by atoms with Crippen molar-refractivity contribution in [2.24, 2.45) is 0 Å². The largest absolute Gasteiger partial charge is 0.308 e. The summed E-state index contributed by atoms with van der Waals surface area (Å²) < 4.78 is 0.687.